The molecule has 1 aromatic heterocycles. The molecule has 0 aliphatic heterocycles. The largest absolute Gasteiger partial charge is 0.347 e. The van der Waals surface area contributed by atoms with Gasteiger partial charge in [0.25, 0.3) is 5.91 Å². The van der Waals surface area contributed by atoms with Crippen LogP contribution in [0.3, 0.4) is 0 Å². The van der Waals surface area contributed by atoms with Gasteiger partial charge in [0.1, 0.15) is 5.69 Å². The van der Waals surface area contributed by atoms with Gasteiger partial charge in [0.05, 0.1) is 18.0 Å². The Morgan fingerprint density at radius 2 is 2.17 bits per heavy atom. The Morgan fingerprint density at radius 1 is 1.44 bits per heavy atom. The molecule has 5 heteroatoms. The van der Waals surface area contributed by atoms with E-state index < -0.39 is 0 Å². The number of aromatic nitrogens is 2. The number of rotatable bonds is 3. The van der Waals surface area contributed by atoms with Gasteiger partial charge in [-0.05, 0) is 17.7 Å². The average molecular weight is 240 g/mol. The molecule has 0 saturated carbocycles. The summed E-state index contributed by atoms with van der Waals surface area (Å²) in [5.41, 5.74) is 1.94. The van der Waals surface area contributed by atoms with Gasteiger partial charge in [-0.15, -0.1) is 0 Å². The molecule has 1 aromatic carbocycles. The molecular weight excluding hydrogens is 228 g/mol. The van der Waals surface area contributed by atoms with Gasteiger partial charge in [-0.25, -0.2) is 4.98 Å². The van der Waals surface area contributed by atoms with Gasteiger partial charge < -0.3 is 9.88 Å². The van der Waals surface area contributed by atoms with Gasteiger partial charge in [-0.2, -0.15) is 5.26 Å². The van der Waals surface area contributed by atoms with E-state index in [2.05, 4.69) is 10.3 Å². The maximum atomic E-state index is 11.7. The summed E-state index contributed by atoms with van der Waals surface area (Å²) in [6, 6.07) is 9.13. The second kappa shape index (κ2) is 5.15. The molecule has 0 unspecified atom stereocenters. The summed E-state index contributed by atoms with van der Waals surface area (Å²) < 4.78 is 1.72. The molecule has 2 rings (SSSR count). The summed E-state index contributed by atoms with van der Waals surface area (Å²) in [6.45, 7) is 0.418. The third kappa shape index (κ3) is 2.74. The number of hydrogen-bond donors (Lipinski definition) is 1. The van der Waals surface area contributed by atoms with Crippen LogP contribution in [-0.2, 0) is 13.6 Å². The molecule has 18 heavy (non-hydrogen) atoms. The van der Waals surface area contributed by atoms with Crippen LogP contribution in [0.4, 0.5) is 0 Å². The molecule has 90 valence electrons. The smallest absolute Gasteiger partial charge is 0.271 e. The first-order valence-electron chi connectivity index (χ1n) is 5.44. The molecule has 0 fully saturated rings. The van der Waals surface area contributed by atoms with E-state index in [-0.39, 0.29) is 5.91 Å². The SMILES string of the molecule is Cn1cnc(C(=O)NCc2ccc(C#N)cc2)c1. The van der Waals surface area contributed by atoms with E-state index in [4.69, 9.17) is 5.26 Å². The maximum absolute atomic E-state index is 11.7. The monoisotopic (exact) mass is 240 g/mol. The van der Waals surface area contributed by atoms with Crippen LogP contribution in [0.1, 0.15) is 21.6 Å². The van der Waals surface area contributed by atoms with E-state index in [0.717, 1.165) is 5.56 Å². The summed E-state index contributed by atoms with van der Waals surface area (Å²) >= 11 is 0. The summed E-state index contributed by atoms with van der Waals surface area (Å²) in [5.74, 6) is -0.208. The Bertz CT molecular complexity index is 592. The number of amides is 1. The van der Waals surface area contributed by atoms with Gasteiger partial charge in [-0.3, -0.25) is 4.79 Å². The number of aryl methyl sites for hydroxylation is 1. The molecule has 1 heterocycles. The fourth-order valence-electron chi connectivity index (χ4n) is 1.50. The molecule has 0 atom stereocenters. The van der Waals surface area contributed by atoms with E-state index in [9.17, 15) is 4.79 Å². The van der Waals surface area contributed by atoms with Crippen LogP contribution in [0.5, 0.6) is 0 Å². The normalized spacial score (nSPS) is 9.78. The molecule has 0 saturated heterocycles. The molecule has 0 aliphatic rings. The molecule has 1 N–H and O–H groups in total. The van der Waals surface area contributed by atoms with Crippen LogP contribution in [0.25, 0.3) is 0 Å². The zero-order chi connectivity index (χ0) is 13.0. The minimum atomic E-state index is -0.208. The van der Waals surface area contributed by atoms with Crippen LogP contribution in [0, 0.1) is 11.3 Å². The second-order valence-electron chi connectivity index (χ2n) is 3.92. The summed E-state index contributed by atoms with van der Waals surface area (Å²) in [5, 5.41) is 11.4. The van der Waals surface area contributed by atoms with E-state index in [1.807, 2.05) is 25.2 Å². The number of hydrogen-bond acceptors (Lipinski definition) is 3. The van der Waals surface area contributed by atoms with Crippen LogP contribution in [-0.4, -0.2) is 15.5 Å². The first kappa shape index (κ1) is 11.9. The lowest BCUT2D eigenvalue weighted by molar-refractivity contribution is 0.0946. The first-order valence-corrected chi connectivity index (χ1v) is 5.44. The molecular formula is C13H12N4O. The predicted octanol–water partition coefficient (Wildman–Crippen LogP) is 1.22. The lowest BCUT2D eigenvalue weighted by Crippen LogP contribution is -2.23. The molecule has 0 aliphatic carbocycles. The van der Waals surface area contributed by atoms with Gasteiger partial charge in [0.15, 0.2) is 0 Å². The second-order valence-corrected chi connectivity index (χ2v) is 3.92. The van der Waals surface area contributed by atoms with Crippen LogP contribution < -0.4 is 5.32 Å². The summed E-state index contributed by atoms with van der Waals surface area (Å²) in [4.78, 5) is 15.7. The van der Waals surface area contributed by atoms with E-state index in [1.54, 1.807) is 29.2 Å². The standard InChI is InChI=1S/C13H12N4O/c1-17-8-12(16-9-17)13(18)15-7-11-4-2-10(6-14)3-5-11/h2-5,8-9H,7H2,1H3,(H,15,18). The Labute approximate surface area is 105 Å². The molecule has 0 radical (unpaired) electrons. The Hall–Kier alpha value is -2.61. The van der Waals surface area contributed by atoms with Crippen molar-refractivity contribution < 1.29 is 4.79 Å². The number of benzene rings is 1. The van der Waals surface area contributed by atoms with Crippen LogP contribution in [0.15, 0.2) is 36.8 Å². The van der Waals surface area contributed by atoms with Gasteiger partial charge in [0.2, 0.25) is 0 Å². The quantitative estimate of drug-likeness (QED) is 0.876. The van der Waals surface area contributed by atoms with Crippen molar-refractivity contribution in [3.63, 3.8) is 0 Å². The van der Waals surface area contributed by atoms with Crippen molar-refractivity contribution in [3.8, 4) is 6.07 Å². The third-order valence-corrected chi connectivity index (χ3v) is 2.47. The van der Waals surface area contributed by atoms with Crippen molar-refractivity contribution in [1.82, 2.24) is 14.9 Å². The summed E-state index contributed by atoms with van der Waals surface area (Å²) in [7, 11) is 1.81. The van der Waals surface area contributed by atoms with Crippen molar-refractivity contribution in [3.05, 3.63) is 53.6 Å². The van der Waals surface area contributed by atoms with Crippen molar-refractivity contribution in [2.24, 2.45) is 7.05 Å². The fraction of sp³-hybridized carbons (Fsp3) is 0.154. The van der Waals surface area contributed by atoms with Crippen LogP contribution >= 0.6 is 0 Å². The molecule has 0 spiro atoms. The van der Waals surface area contributed by atoms with Crippen molar-refractivity contribution in [2.75, 3.05) is 0 Å². The highest BCUT2D eigenvalue weighted by atomic mass is 16.1. The number of nitrogens with one attached hydrogen (secondary N) is 1. The van der Waals surface area contributed by atoms with E-state index in [0.29, 0.717) is 17.8 Å². The van der Waals surface area contributed by atoms with Gasteiger partial charge >= 0.3 is 0 Å². The topological polar surface area (TPSA) is 70.7 Å². The van der Waals surface area contributed by atoms with Crippen molar-refractivity contribution in [1.29, 1.82) is 5.26 Å². The molecule has 2 aromatic rings. The first-order chi connectivity index (χ1) is 8.69. The zero-order valence-corrected chi connectivity index (χ0v) is 9.92. The van der Waals surface area contributed by atoms with Crippen LogP contribution in [0.2, 0.25) is 0 Å². The highest BCUT2D eigenvalue weighted by Gasteiger charge is 2.07. The lowest BCUT2D eigenvalue weighted by Gasteiger charge is -2.03. The van der Waals surface area contributed by atoms with E-state index >= 15 is 0 Å². The Balaban J connectivity index is 1.95. The van der Waals surface area contributed by atoms with Gasteiger partial charge in [-0.1, -0.05) is 12.1 Å². The number of nitriles is 1. The molecule has 1 amide bonds. The average Bonchev–Trinajstić information content (AvgIpc) is 2.83. The number of carbonyl (C=O) groups excluding carboxylic acids is 1. The minimum Gasteiger partial charge on any atom is -0.347 e. The minimum absolute atomic E-state index is 0.208. The third-order valence-electron chi connectivity index (χ3n) is 2.47. The highest BCUT2D eigenvalue weighted by molar-refractivity contribution is 5.91. The Morgan fingerprint density at radius 3 is 2.72 bits per heavy atom. The predicted molar refractivity (Wildman–Crippen MR) is 65.5 cm³/mol. The van der Waals surface area contributed by atoms with E-state index in [1.165, 1.54) is 0 Å². The Kier molecular flexibility index (Phi) is 3.39. The lowest BCUT2D eigenvalue weighted by atomic mass is 10.1. The maximum Gasteiger partial charge on any atom is 0.271 e. The number of imidazole rings is 1. The number of nitrogens with zero attached hydrogens (tertiary/aromatic N) is 3. The zero-order valence-electron chi connectivity index (χ0n) is 9.92. The molecule has 0 bridgehead atoms. The van der Waals surface area contributed by atoms with Gasteiger partial charge in [0, 0.05) is 19.8 Å². The molecule has 5 nitrogen and oxygen atoms in total. The number of carbonyl (C=O) groups is 1. The summed E-state index contributed by atoms with van der Waals surface area (Å²) in [6.07, 6.45) is 3.24. The highest BCUT2D eigenvalue weighted by Crippen LogP contribution is 2.03. The van der Waals surface area contributed by atoms with Crippen molar-refractivity contribution in [2.45, 2.75) is 6.54 Å². The fourth-order valence-corrected chi connectivity index (χ4v) is 1.50. The van der Waals surface area contributed by atoms with Crippen molar-refractivity contribution >= 4 is 5.91 Å².